The van der Waals surface area contributed by atoms with Crippen molar-refractivity contribution in [2.45, 2.75) is 36.1 Å². The Balaban J connectivity index is 1.80. The summed E-state index contributed by atoms with van der Waals surface area (Å²) < 4.78 is 36.2. The molecule has 0 heterocycles. The van der Waals surface area contributed by atoms with Gasteiger partial charge in [-0.05, 0) is 47.9 Å². The van der Waals surface area contributed by atoms with E-state index in [0.29, 0.717) is 23.5 Å². The van der Waals surface area contributed by atoms with Crippen LogP contribution in [0.15, 0.2) is 83.8 Å². The molecule has 9 nitrogen and oxygen atoms in total. The van der Waals surface area contributed by atoms with Gasteiger partial charge in [0.25, 0.3) is 5.91 Å². The first-order valence-corrected chi connectivity index (χ1v) is 13.7. The molecule has 0 aromatic heterocycles. The van der Waals surface area contributed by atoms with Crippen molar-refractivity contribution in [3.63, 3.8) is 0 Å². The second-order valence-electron chi connectivity index (χ2n) is 8.97. The summed E-state index contributed by atoms with van der Waals surface area (Å²) in [5.74, 6) is -0.774. The van der Waals surface area contributed by atoms with Crippen molar-refractivity contribution in [3.8, 4) is 11.5 Å². The van der Waals surface area contributed by atoms with Crippen molar-refractivity contribution >= 4 is 15.7 Å². The van der Waals surface area contributed by atoms with Gasteiger partial charge in [0.05, 0.1) is 31.0 Å². The molecule has 38 heavy (non-hydrogen) atoms. The van der Waals surface area contributed by atoms with E-state index in [-0.39, 0.29) is 18.0 Å². The standard InChI is InChI=1S/C28H34N2O7S/c1-36-22-11-6-10-21(14-22)17-30(18-26(31)25(29)15-20-8-4-3-5-9-20)28(33)27(32)19-38(34,35)24-13-7-12-23(16-24)37-2/h3-14,16,25-27,31-32H,15,17-19,29H2,1-2H3/t25-,26+,27?/m0/s1. The van der Waals surface area contributed by atoms with E-state index in [1.165, 1.54) is 37.3 Å². The van der Waals surface area contributed by atoms with Crippen LogP contribution in [0.2, 0.25) is 0 Å². The average molecular weight is 543 g/mol. The van der Waals surface area contributed by atoms with Crippen molar-refractivity contribution < 1.29 is 32.9 Å². The number of carbonyl (C=O) groups is 1. The van der Waals surface area contributed by atoms with Gasteiger partial charge in [0.15, 0.2) is 9.84 Å². The Morgan fingerprint density at radius 3 is 2.16 bits per heavy atom. The zero-order chi connectivity index (χ0) is 27.7. The summed E-state index contributed by atoms with van der Waals surface area (Å²) in [6, 6.07) is 21.5. The molecule has 204 valence electrons. The quantitative estimate of drug-likeness (QED) is 0.297. The number of carbonyl (C=O) groups excluding carboxylic acids is 1. The number of sulfone groups is 1. The summed E-state index contributed by atoms with van der Waals surface area (Å²) in [5.41, 5.74) is 7.84. The van der Waals surface area contributed by atoms with Crippen LogP contribution in [0.3, 0.4) is 0 Å². The van der Waals surface area contributed by atoms with Crippen LogP contribution in [0.25, 0.3) is 0 Å². The summed E-state index contributed by atoms with van der Waals surface area (Å²) >= 11 is 0. The molecule has 0 fully saturated rings. The van der Waals surface area contributed by atoms with Crippen LogP contribution in [0.1, 0.15) is 11.1 Å². The zero-order valence-corrected chi connectivity index (χ0v) is 22.3. The Labute approximate surface area is 223 Å². The molecule has 0 aliphatic carbocycles. The van der Waals surface area contributed by atoms with Gasteiger partial charge in [-0.25, -0.2) is 8.42 Å². The molecule has 0 saturated heterocycles. The van der Waals surface area contributed by atoms with Gasteiger partial charge in [0, 0.05) is 19.1 Å². The van der Waals surface area contributed by atoms with Crippen molar-refractivity contribution in [3.05, 3.63) is 90.0 Å². The van der Waals surface area contributed by atoms with E-state index in [1.54, 1.807) is 30.3 Å². The van der Waals surface area contributed by atoms with E-state index in [9.17, 15) is 23.4 Å². The summed E-state index contributed by atoms with van der Waals surface area (Å²) in [5, 5.41) is 21.6. The molecule has 0 bridgehead atoms. The summed E-state index contributed by atoms with van der Waals surface area (Å²) in [4.78, 5) is 14.5. The number of amides is 1. The number of methoxy groups -OCH3 is 2. The maximum atomic E-state index is 13.4. The Hall–Kier alpha value is -3.44. The summed E-state index contributed by atoms with van der Waals surface area (Å²) in [6.07, 6.45) is -2.63. The van der Waals surface area contributed by atoms with Crippen LogP contribution < -0.4 is 15.2 Å². The predicted octanol–water partition coefficient (Wildman–Crippen LogP) is 1.80. The topological polar surface area (TPSA) is 139 Å². The second kappa shape index (κ2) is 13.4. The second-order valence-corrected chi connectivity index (χ2v) is 11.0. The fourth-order valence-corrected chi connectivity index (χ4v) is 5.32. The number of nitrogens with two attached hydrogens (primary N) is 1. The van der Waals surface area contributed by atoms with Gasteiger partial charge in [-0.15, -0.1) is 0 Å². The third-order valence-corrected chi connectivity index (χ3v) is 7.82. The summed E-state index contributed by atoms with van der Waals surface area (Å²) in [6.45, 7) is -0.207. The van der Waals surface area contributed by atoms with Gasteiger partial charge < -0.3 is 30.3 Å². The third-order valence-electron chi connectivity index (χ3n) is 6.10. The number of rotatable bonds is 13. The first-order valence-electron chi connectivity index (χ1n) is 12.1. The minimum atomic E-state index is -4.02. The highest BCUT2D eigenvalue weighted by Gasteiger charge is 2.31. The minimum Gasteiger partial charge on any atom is -0.497 e. The van der Waals surface area contributed by atoms with Gasteiger partial charge in [0.2, 0.25) is 0 Å². The smallest absolute Gasteiger partial charge is 0.252 e. The molecule has 10 heteroatoms. The molecule has 3 atom stereocenters. The SMILES string of the molecule is COc1cccc(CN(C[C@@H](O)[C@@H](N)Cc2ccccc2)C(=O)C(O)CS(=O)(=O)c2cccc(OC)c2)c1. The highest BCUT2D eigenvalue weighted by Crippen LogP contribution is 2.20. The number of aliphatic hydroxyl groups is 2. The molecule has 0 aliphatic rings. The van der Waals surface area contributed by atoms with Crippen LogP contribution in [0, 0.1) is 0 Å². The molecule has 1 amide bonds. The molecule has 0 spiro atoms. The Morgan fingerprint density at radius 2 is 1.50 bits per heavy atom. The Kier molecular flexibility index (Phi) is 10.3. The largest absolute Gasteiger partial charge is 0.497 e. The molecular weight excluding hydrogens is 508 g/mol. The number of nitrogens with zero attached hydrogens (tertiary/aromatic N) is 1. The first kappa shape index (κ1) is 29.1. The van der Waals surface area contributed by atoms with Crippen LogP contribution in [-0.2, 0) is 27.6 Å². The first-order chi connectivity index (χ1) is 18.1. The van der Waals surface area contributed by atoms with E-state index < -0.39 is 39.7 Å². The van der Waals surface area contributed by atoms with Crippen LogP contribution >= 0.6 is 0 Å². The molecule has 1 unspecified atom stereocenters. The van der Waals surface area contributed by atoms with Gasteiger partial charge >= 0.3 is 0 Å². The van der Waals surface area contributed by atoms with Gasteiger partial charge in [0.1, 0.15) is 17.6 Å². The Bertz CT molecular complexity index is 1300. The maximum Gasteiger partial charge on any atom is 0.252 e. The molecule has 3 aromatic rings. The van der Waals surface area contributed by atoms with E-state index >= 15 is 0 Å². The maximum absolute atomic E-state index is 13.4. The fraction of sp³-hybridized carbons (Fsp3) is 0.321. The molecule has 3 rings (SSSR count). The van der Waals surface area contributed by atoms with Crippen LogP contribution in [-0.4, -0.2) is 74.2 Å². The van der Waals surface area contributed by atoms with Crippen molar-refractivity contribution in [1.82, 2.24) is 4.90 Å². The molecule has 0 saturated carbocycles. The molecular formula is C28H34N2O7S. The lowest BCUT2D eigenvalue weighted by Crippen LogP contribution is -2.49. The molecule has 3 aromatic carbocycles. The molecule has 0 radical (unpaired) electrons. The van der Waals surface area contributed by atoms with E-state index in [1.807, 2.05) is 30.3 Å². The van der Waals surface area contributed by atoms with Crippen LogP contribution in [0.5, 0.6) is 11.5 Å². The minimum absolute atomic E-state index is 0.00141. The van der Waals surface area contributed by atoms with Gasteiger partial charge in [-0.3, -0.25) is 4.79 Å². The van der Waals surface area contributed by atoms with E-state index in [0.717, 1.165) is 5.56 Å². The zero-order valence-electron chi connectivity index (χ0n) is 21.4. The highest BCUT2D eigenvalue weighted by atomic mass is 32.2. The number of benzene rings is 3. The normalized spacial score (nSPS) is 13.8. The number of aliphatic hydroxyl groups excluding tert-OH is 2. The number of ether oxygens (including phenoxy) is 2. The fourth-order valence-electron chi connectivity index (χ4n) is 3.99. The Morgan fingerprint density at radius 1 is 0.895 bits per heavy atom. The number of hydrogen-bond acceptors (Lipinski definition) is 8. The van der Waals surface area contributed by atoms with Crippen molar-refractivity contribution in [2.75, 3.05) is 26.5 Å². The van der Waals surface area contributed by atoms with E-state index in [2.05, 4.69) is 0 Å². The van der Waals surface area contributed by atoms with Gasteiger partial charge in [-0.2, -0.15) is 0 Å². The number of hydrogen-bond donors (Lipinski definition) is 3. The molecule has 0 aliphatic heterocycles. The monoisotopic (exact) mass is 542 g/mol. The average Bonchev–Trinajstić information content (AvgIpc) is 2.92. The summed E-state index contributed by atoms with van der Waals surface area (Å²) in [7, 11) is -1.10. The lowest BCUT2D eigenvalue weighted by atomic mass is 10.0. The van der Waals surface area contributed by atoms with Gasteiger partial charge in [-0.1, -0.05) is 48.5 Å². The van der Waals surface area contributed by atoms with Crippen molar-refractivity contribution in [2.24, 2.45) is 5.73 Å². The lowest BCUT2D eigenvalue weighted by Gasteiger charge is -2.30. The van der Waals surface area contributed by atoms with Crippen LogP contribution in [0.4, 0.5) is 0 Å². The third kappa shape index (κ3) is 8.03. The van der Waals surface area contributed by atoms with E-state index in [4.69, 9.17) is 15.2 Å². The highest BCUT2D eigenvalue weighted by molar-refractivity contribution is 7.91. The molecule has 4 N–H and O–H groups in total. The predicted molar refractivity (Wildman–Crippen MR) is 144 cm³/mol. The van der Waals surface area contributed by atoms with Crippen molar-refractivity contribution in [1.29, 1.82) is 0 Å². The lowest BCUT2D eigenvalue weighted by molar-refractivity contribution is -0.141.